The van der Waals surface area contributed by atoms with Crippen LogP contribution in [-0.4, -0.2) is 13.1 Å². The molecule has 0 aliphatic carbocycles. The second-order valence-electron chi connectivity index (χ2n) is 3.82. The molecule has 1 saturated heterocycles. The molecule has 70 valence electrons. The van der Waals surface area contributed by atoms with Crippen molar-refractivity contribution < 1.29 is 0 Å². The highest BCUT2D eigenvalue weighted by atomic mass is 35.5. The Kier molecular flexibility index (Phi) is 2.45. The molecule has 2 heteroatoms. The molecule has 1 aliphatic rings. The lowest BCUT2D eigenvalue weighted by Crippen LogP contribution is -2.18. The van der Waals surface area contributed by atoms with Gasteiger partial charge in [-0.2, -0.15) is 0 Å². The second kappa shape index (κ2) is 3.59. The Morgan fingerprint density at radius 2 is 2.00 bits per heavy atom. The summed E-state index contributed by atoms with van der Waals surface area (Å²) in [6.07, 6.45) is 1.31. The van der Waals surface area contributed by atoms with Gasteiger partial charge < -0.3 is 4.90 Å². The third-order valence-electron chi connectivity index (χ3n) is 2.62. The van der Waals surface area contributed by atoms with Crippen molar-refractivity contribution in [2.24, 2.45) is 5.92 Å². The molecular weight excluding hydrogens is 182 g/mol. The lowest BCUT2D eigenvalue weighted by Gasteiger charge is -2.17. The fourth-order valence-corrected chi connectivity index (χ4v) is 1.95. The number of hydrogen-bond donors (Lipinski definition) is 0. The van der Waals surface area contributed by atoms with Gasteiger partial charge in [-0.3, -0.25) is 0 Å². The Morgan fingerprint density at radius 1 is 1.31 bits per heavy atom. The van der Waals surface area contributed by atoms with Gasteiger partial charge in [0.25, 0.3) is 0 Å². The summed E-state index contributed by atoms with van der Waals surface area (Å²) in [5.74, 6) is 0.829. The van der Waals surface area contributed by atoms with Gasteiger partial charge in [0, 0.05) is 23.8 Å². The monoisotopic (exact) mass is 195 g/mol. The number of halogens is 1. The van der Waals surface area contributed by atoms with Crippen LogP contribution in [0.4, 0.5) is 5.69 Å². The van der Waals surface area contributed by atoms with Crippen LogP contribution in [0.15, 0.2) is 24.3 Å². The molecule has 1 fully saturated rings. The lowest BCUT2D eigenvalue weighted by molar-refractivity contribution is 0.659. The maximum atomic E-state index is 5.83. The molecule has 13 heavy (non-hydrogen) atoms. The van der Waals surface area contributed by atoms with E-state index in [1.807, 2.05) is 12.1 Å². The van der Waals surface area contributed by atoms with E-state index < -0.39 is 0 Å². The minimum Gasteiger partial charge on any atom is -0.371 e. The van der Waals surface area contributed by atoms with E-state index in [1.165, 1.54) is 25.2 Å². The van der Waals surface area contributed by atoms with Gasteiger partial charge >= 0.3 is 0 Å². The summed E-state index contributed by atoms with van der Waals surface area (Å²) in [5, 5.41) is 0.816. The molecule has 0 bridgehead atoms. The maximum Gasteiger partial charge on any atom is 0.0407 e. The second-order valence-corrected chi connectivity index (χ2v) is 4.25. The number of rotatable bonds is 1. The molecule has 1 aromatic rings. The van der Waals surface area contributed by atoms with Crippen LogP contribution in [0.1, 0.15) is 13.3 Å². The van der Waals surface area contributed by atoms with Crippen LogP contribution < -0.4 is 4.90 Å². The molecule has 0 aromatic heterocycles. The van der Waals surface area contributed by atoms with E-state index in [2.05, 4.69) is 24.0 Å². The zero-order valence-electron chi connectivity index (χ0n) is 7.83. The minimum atomic E-state index is 0.816. The molecule has 0 N–H and O–H groups in total. The van der Waals surface area contributed by atoms with Gasteiger partial charge in [-0.25, -0.2) is 0 Å². The smallest absolute Gasteiger partial charge is 0.0407 e. The quantitative estimate of drug-likeness (QED) is 0.666. The highest BCUT2D eigenvalue weighted by molar-refractivity contribution is 6.30. The van der Waals surface area contributed by atoms with E-state index in [0.29, 0.717) is 0 Å². The molecule has 1 aromatic carbocycles. The maximum absolute atomic E-state index is 5.83. The molecule has 1 aliphatic heterocycles. The van der Waals surface area contributed by atoms with Crippen molar-refractivity contribution in [1.82, 2.24) is 0 Å². The van der Waals surface area contributed by atoms with E-state index >= 15 is 0 Å². The van der Waals surface area contributed by atoms with Crippen LogP contribution in [0.5, 0.6) is 0 Å². The van der Waals surface area contributed by atoms with Gasteiger partial charge in [0.1, 0.15) is 0 Å². The predicted molar refractivity (Wildman–Crippen MR) is 57.4 cm³/mol. The Hall–Kier alpha value is -0.690. The highest BCUT2D eigenvalue weighted by Crippen LogP contribution is 2.24. The van der Waals surface area contributed by atoms with Gasteiger partial charge in [0.15, 0.2) is 0 Å². The van der Waals surface area contributed by atoms with Crippen LogP contribution in [-0.2, 0) is 0 Å². The Labute approximate surface area is 84.3 Å². The molecule has 0 amide bonds. The van der Waals surface area contributed by atoms with Crippen LogP contribution in [0.2, 0.25) is 5.02 Å². The van der Waals surface area contributed by atoms with Crippen molar-refractivity contribution in [3.05, 3.63) is 29.3 Å². The molecule has 1 atom stereocenters. The van der Waals surface area contributed by atoms with E-state index in [4.69, 9.17) is 11.6 Å². The summed E-state index contributed by atoms with van der Waals surface area (Å²) in [7, 11) is 0. The molecule has 0 spiro atoms. The molecular formula is C11H14ClN. The minimum absolute atomic E-state index is 0.816. The first-order valence-electron chi connectivity index (χ1n) is 4.76. The average molecular weight is 196 g/mol. The zero-order valence-corrected chi connectivity index (χ0v) is 8.59. The van der Waals surface area contributed by atoms with E-state index in [-0.39, 0.29) is 0 Å². The Morgan fingerprint density at radius 3 is 2.54 bits per heavy atom. The number of nitrogens with zero attached hydrogens (tertiary/aromatic N) is 1. The van der Waals surface area contributed by atoms with Gasteiger partial charge in [-0.15, -0.1) is 0 Å². The highest BCUT2D eigenvalue weighted by Gasteiger charge is 2.18. The normalized spacial score (nSPS) is 22.3. The van der Waals surface area contributed by atoms with Gasteiger partial charge in [0.2, 0.25) is 0 Å². The summed E-state index contributed by atoms with van der Waals surface area (Å²) < 4.78 is 0. The molecule has 0 radical (unpaired) electrons. The van der Waals surface area contributed by atoms with Gasteiger partial charge in [-0.05, 0) is 36.6 Å². The van der Waals surface area contributed by atoms with Crippen molar-refractivity contribution in [2.75, 3.05) is 18.0 Å². The largest absolute Gasteiger partial charge is 0.371 e. The Balaban J connectivity index is 2.13. The topological polar surface area (TPSA) is 3.24 Å². The summed E-state index contributed by atoms with van der Waals surface area (Å²) in [6.45, 7) is 4.67. The number of hydrogen-bond acceptors (Lipinski definition) is 1. The van der Waals surface area contributed by atoms with Crippen LogP contribution >= 0.6 is 11.6 Å². The number of benzene rings is 1. The zero-order chi connectivity index (χ0) is 9.26. The summed E-state index contributed by atoms with van der Waals surface area (Å²) >= 11 is 5.83. The van der Waals surface area contributed by atoms with Crippen LogP contribution in [0.3, 0.4) is 0 Å². The van der Waals surface area contributed by atoms with E-state index in [1.54, 1.807) is 0 Å². The summed E-state index contributed by atoms with van der Waals surface area (Å²) in [6, 6.07) is 8.11. The van der Waals surface area contributed by atoms with Crippen molar-refractivity contribution >= 4 is 17.3 Å². The van der Waals surface area contributed by atoms with E-state index in [0.717, 1.165) is 10.9 Å². The molecule has 0 unspecified atom stereocenters. The first kappa shape index (κ1) is 8.89. The number of anilines is 1. The fraction of sp³-hybridized carbons (Fsp3) is 0.455. The standard InChI is InChI=1S/C11H14ClN/c1-9-6-7-13(8-9)11-4-2-10(12)3-5-11/h2-5,9H,6-8H2,1H3/t9-/m1/s1. The fourth-order valence-electron chi connectivity index (χ4n) is 1.82. The molecule has 0 saturated carbocycles. The predicted octanol–water partition coefficient (Wildman–Crippen LogP) is 3.19. The summed E-state index contributed by atoms with van der Waals surface area (Å²) in [4.78, 5) is 2.42. The van der Waals surface area contributed by atoms with Gasteiger partial charge in [0.05, 0.1) is 0 Å². The average Bonchev–Trinajstić information content (AvgIpc) is 2.53. The molecule has 2 rings (SSSR count). The van der Waals surface area contributed by atoms with Crippen molar-refractivity contribution in [1.29, 1.82) is 0 Å². The Bertz CT molecular complexity index is 281. The van der Waals surface area contributed by atoms with Crippen LogP contribution in [0.25, 0.3) is 0 Å². The van der Waals surface area contributed by atoms with Crippen LogP contribution in [0, 0.1) is 5.92 Å². The van der Waals surface area contributed by atoms with E-state index in [9.17, 15) is 0 Å². The van der Waals surface area contributed by atoms with Crippen molar-refractivity contribution in [2.45, 2.75) is 13.3 Å². The summed E-state index contributed by atoms with van der Waals surface area (Å²) in [5.41, 5.74) is 1.30. The first-order chi connectivity index (χ1) is 6.25. The van der Waals surface area contributed by atoms with Crippen molar-refractivity contribution in [3.63, 3.8) is 0 Å². The molecule has 1 nitrogen and oxygen atoms in total. The lowest BCUT2D eigenvalue weighted by atomic mass is 10.2. The third kappa shape index (κ3) is 1.97. The first-order valence-corrected chi connectivity index (χ1v) is 5.14. The molecule has 1 heterocycles. The third-order valence-corrected chi connectivity index (χ3v) is 2.87. The SMILES string of the molecule is C[C@@H]1CCN(c2ccc(Cl)cc2)C1. The van der Waals surface area contributed by atoms with Gasteiger partial charge in [-0.1, -0.05) is 18.5 Å². The van der Waals surface area contributed by atoms with Crippen molar-refractivity contribution in [3.8, 4) is 0 Å².